The molecule has 26 heavy (non-hydrogen) atoms. The van der Waals surface area contributed by atoms with Crippen molar-refractivity contribution in [2.45, 2.75) is 32.4 Å². The Morgan fingerprint density at radius 1 is 1.35 bits per heavy atom. The number of urea groups is 1. The Kier molecular flexibility index (Phi) is 5.41. The highest BCUT2D eigenvalue weighted by atomic mass is 35.5. The Hall–Kier alpha value is -2.42. The van der Waals surface area contributed by atoms with Crippen LogP contribution in [0.1, 0.15) is 20.8 Å². The minimum atomic E-state index is -1.11. The number of likely N-dealkylation sites (N-methyl/N-ethyl adjacent to an activating group) is 1. The van der Waals surface area contributed by atoms with Gasteiger partial charge in [-0.05, 0) is 32.9 Å². The van der Waals surface area contributed by atoms with Gasteiger partial charge in [-0.2, -0.15) is 0 Å². The standard InChI is InChI=1S/C16H18ClF2N3O4/c1-16(2,3)26-15(25)22-7-9(20-14(22)24)13(23)21(4)10-6-5-8(18)11(17)12(10)19/h5-6,9H,7H2,1-4H3,(H,20,24)/t9-/m0/s1. The Morgan fingerprint density at radius 3 is 2.54 bits per heavy atom. The van der Waals surface area contributed by atoms with Gasteiger partial charge in [0.25, 0.3) is 5.91 Å². The number of ether oxygens (including phenoxy) is 1. The van der Waals surface area contributed by atoms with E-state index in [9.17, 15) is 23.2 Å². The molecule has 2 rings (SSSR count). The summed E-state index contributed by atoms with van der Waals surface area (Å²) in [6.45, 7) is 4.62. The van der Waals surface area contributed by atoms with Crippen LogP contribution in [-0.4, -0.2) is 48.2 Å². The minimum Gasteiger partial charge on any atom is -0.443 e. The number of imide groups is 1. The zero-order valence-electron chi connectivity index (χ0n) is 14.6. The van der Waals surface area contributed by atoms with Crippen molar-refractivity contribution in [2.24, 2.45) is 0 Å². The van der Waals surface area contributed by atoms with E-state index in [1.807, 2.05) is 0 Å². The van der Waals surface area contributed by atoms with E-state index in [4.69, 9.17) is 16.3 Å². The number of carbonyl (C=O) groups is 3. The van der Waals surface area contributed by atoms with Crippen LogP contribution in [-0.2, 0) is 9.53 Å². The maximum absolute atomic E-state index is 14.1. The third-order valence-corrected chi connectivity index (χ3v) is 3.87. The molecule has 7 nitrogen and oxygen atoms in total. The first-order valence-electron chi connectivity index (χ1n) is 7.64. The van der Waals surface area contributed by atoms with Crippen LogP contribution in [0.25, 0.3) is 0 Å². The Morgan fingerprint density at radius 2 is 1.96 bits per heavy atom. The lowest BCUT2D eigenvalue weighted by molar-refractivity contribution is -0.119. The molecule has 0 unspecified atom stereocenters. The summed E-state index contributed by atoms with van der Waals surface area (Å²) in [5.74, 6) is -2.76. The number of amides is 4. The molecule has 0 aliphatic carbocycles. The molecular weight excluding hydrogens is 372 g/mol. The highest BCUT2D eigenvalue weighted by molar-refractivity contribution is 6.31. The molecule has 1 aromatic rings. The van der Waals surface area contributed by atoms with Crippen molar-refractivity contribution in [3.8, 4) is 0 Å². The van der Waals surface area contributed by atoms with Crippen LogP contribution in [0.15, 0.2) is 12.1 Å². The van der Waals surface area contributed by atoms with Crippen molar-refractivity contribution in [1.82, 2.24) is 10.2 Å². The summed E-state index contributed by atoms with van der Waals surface area (Å²) in [7, 11) is 1.25. The predicted molar refractivity (Wildman–Crippen MR) is 90.0 cm³/mol. The maximum atomic E-state index is 14.1. The van der Waals surface area contributed by atoms with Crippen molar-refractivity contribution in [1.29, 1.82) is 0 Å². The number of anilines is 1. The zero-order valence-corrected chi connectivity index (χ0v) is 15.4. The molecular formula is C16H18ClF2N3O4. The summed E-state index contributed by atoms with van der Waals surface area (Å²) in [6, 6.07) is 0.0635. The highest BCUT2D eigenvalue weighted by Crippen LogP contribution is 2.28. The van der Waals surface area contributed by atoms with Gasteiger partial charge in [-0.15, -0.1) is 0 Å². The number of hydrogen-bond acceptors (Lipinski definition) is 4. The lowest BCUT2D eigenvalue weighted by Gasteiger charge is -2.23. The van der Waals surface area contributed by atoms with E-state index in [0.29, 0.717) is 0 Å². The van der Waals surface area contributed by atoms with E-state index >= 15 is 0 Å². The molecule has 1 atom stereocenters. The zero-order chi connectivity index (χ0) is 19.8. The third-order valence-electron chi connectivity index (χ3n) is 3.53. The minimum absolute atomic E-state index is 0.258. The van der Waals surface area contributed by atoms with Crippen LogP contribution in [0.3, 0.4) is 0 Å². The Balaban J connectivity index is 2.15. The molecule has 1 heterocycles. The van der Waals surface area contributed by atoms with Crippen molar-refractivity contribution in [3.63, 3.8) is 0 Å². The van der Waals surface area contributed by atoms with Crippen LogP contribution < -0.4 is 10.2 Å². The van der Waals surface area contributed by atoms with E-state index in [-0.39, 0.29) is 12.2 Å². The van der Waals surface area contributed by atoms with E-state index in [2.05, 4.69) is 5.32 Å². The summed E-state index contributed by atoms with van der Waals surface area (Å²) in [5, 5.41) is 1.59. The first-order valence-corrected chi connectivity index (χ1v) is 8.02. The number of hydrogen-bond donors (Lipinski definition) is 1. The maximum Gasteiger partial charge on any atom is 0.418 e. The molecule has 4 amide bonds. The van der Waals surface area contributed by atoms with Gasteiger partial charge in [0, 0.05) is 7.05 Å². The van der Waals surface area contributed by atoms with Gasteiger partial charge in [0.05, 0.1) is 12.2 Å². The first kappa shape index (κ1) is 19.9. The van der Waals surface area contributed by atoms with Crippen LogP contribution in [0, 0.1) is 11.6 Å². The molecule has 1 aromatic carbocycles. The molecule has 0 aromatic heterocycles. The topological polar surface area (TPSA) is 79.0 Å². The van der Waals surface area contributed by atoms with Gasteiger partial charge in [-0.1, -0.05) is 11.6 Å². The van der Waals surface area contributed by atoms with Gasteiger partial charge >= 0.3 is 12.1 Å². The summed E-state index contributed by atoms with van der Waals surface area (Å²) in [6.07, 6.45) is -0.899. The second kappa shape index (κ2) is 7.06. The smallest absolute Gasteiger partial charge is 0.418 e. The molecule has 142 valence electrons. The molecule has 1 saturated heterocycles. The fraction of sp³-hybridized carbons (Fsp3) is 0.438. The van der Waals surface area contributed by atoms with Crippen molar-refractivity contribution in [2.75, 3.05) is 18.5 Å². The number of nitrogens with one attached hydrogen (secondary N) is 1. The van der Waals surface area contributed by atoms with Gasteiger partial charge in [0.15, 0.2) is 5.82 Å². The quantitative estimate of drug-likeness (QED) is 0.789. The molecule has 0 saturated carbocycles. The summed E-state index contributed by atoms with van der Waals surface area (Å²) in [4.78, 5) is 38.1. The molecule has 10 heteroatoms. The average Bonchev–Trinajstić information content (AvgIpc) is 2.92. The monoisotopic (exact) mass is 389 g/mol. The van der Waals surface area contributed by atoms with Crippen molar-refractivity contribution in [3.05, 3.63) is 28.8 Å². The molecule has 0 spiro atoms. The van der Waals surface area contributed by atoms with Gasteiger partial charge < -0.3 is 15.0 Å². The second-order valence-corrected chi connectivity index (χ2v) is 7.06. The molecule has 1 fully saturated rings. The van der Waals surface area contributed by atoms with Crippen LogP contribution in [0.4, 0.5) is 24.1 Å². The van der Waals surface area contributed by atoms with Gasteiger partial charge in [-0.3, -0.25) is 4.79 Å². The van der Waals surface area contributed by atoms with Gasteiger partial charge in [0.2, 0.25) is 0 Å². The number of rotatable bonds is 2. The summed E-state index contributed by atoms with van der Waals surface area (Å²) >= 11 is 5.51. The fourth-order valence-corrected chi connectivity index (χ4v) is 2.44. The van der Waals surface area contributed by atoms with Crippen molar-refractivity contribution >= 4 is 35.3 Å². The number of nitrogens with zero attached hydrogens (tertiary/aromatic N) is 2. The van der Waals surface area contributed by atoms with Gasteiger partial charge in [-0.25, -0.2) is 23.3 Å². The molecule has 1 aliphatic heterocycles. The lowest BCUT2D eigenvalue weighted by atomic mass is 10.2. The lowest BCUT2D eigenvalue weighted by Crippen LogP contribution is -2.44. The van der Waals surface area contributed by atoms with E-state index in [1.54, 1.807) is 20.8 Å². The molecule has 1 aliphatic rings. The van der Waals surface area contributed by atoms with Gasteiger partial charge in [0.1, 0.15) is 22.5 Å². The van der Waals surface area contributed by atoms with E-state index < -0.39 is 46.3 Å². The molecule has 0 radical (unpaired) electrons. The number of carbonyl (C=O) groups excluding carboxylic acids is 3. The van der Waals surface area contributed by atoms with Crippen LogP contribution in [0.5, 0.6) is 0 Å². The van der Waals surface area contributed by atoms with Crippen LogP contribution >= 0.6 is 11.6 Å². The normalized spacial score (nSPS) is 17.1. The fourth-order valence-electron chi connectivity index (χ4n) is 2.28. The van der Waals surface area contributed by atoms with Crippen molar-refractivity contribution < 1.29 is 27.9 Å². The number of halogens is 3. The SMILES string of the molecule is CN(C(=O)[C@@H]1CN(C(=O)OC(C)(C)C)C(=O)N1)c1ccc(F)c(Cl)c1F. The summed E-state index contributed by atoms with van der Waals surface area (Å²) < 4.78 is 32.4. The Bertz CT molecular complexity index is 767. The summed E-state index contributed by atoms with van der Waals surface area (Å²) in [5.41, 5.74) is -1.07. The molecule has 1 N–H and O–H groups in total. The van der Waals surface area contributed by atoms with E-state index in [1.165, 1.54) is 7.05 Å². The Labute approximate surface area is 153 Å². The molecule has 0 bridgehead atoms. The largest absolute Gasteiger partial charge is 0.443 e. The first-order chi connectivity index (χ1) is 11.9. The predicted octanol–water partition coefficient (Wildman–Crippen LogP) is 2.91. The second-order valence-electron chi connectivity index (χ2n) is 6.68. The van der Waals surface area contributed by atoms with E-state index in [0.717, 1.165) is 21.9 Å². The van der Waals surface area contributed by atoms with Crippen LogP contribution in [0.2, 0.25) is 5.02 Å². The highest BCUT2D eigenvalue weighted by Gasteiger charge is 2.40. The third kappa shape index (κ3) is 4.04. The number of benzene rings is 1. The average molecular weight is 390 g/mol.